The molecule has 2 rings (SSSR count). The first kappa shape index (κ1) is 14.2. The van der Waals surface area contributed by atoms with Gasteiger partial charge in [0.2, 0.25) is 5.91 Å². The second kappa shape index (κ2) is 5.81. The van der Waals surface area contributed by atoms with E-state index in [1.54, 1.807) is 12.1 Å². The van der Waals surface area contributed by atoms with Crippen molar-refractivity contribution in [1.82, 2.24) is 4.90 Å². The number of amides is 2. The van der Waals surface area contributed by atoms with E-state index in [0.29, 0.717) is 13.0 Å². The fraction of sp³-hybridized carbons (Fsp3) is 0.429. The van der Waals surface area contributed by atoms with Gasteiger partial charge in [-0.05, 0) is 31.4 Å². The van der Waals surface area contributed by atoms with E-state index in [1.807, 2.05) is 0 Å². The minimum Gasteiger partial charge on any atom is -0.504 e. The number of aromatic hydroxyl groups is 1. The number of benzene rings is 1. The summed E-state index contributed by atoms with van der Waals surface area (Å²) in [5.41, 5.74) is 5.47. The van der Waals surface area contributed by atoms with E-state index < -0.39 is 17.9 Å². The first-order chi connectivity index (χ1) is 9.56. The van der Waals surface area contributed by atoms with Crippen molar-refractivity contribution in [2.45, 2.75) is 25.3 Å². The second-order valence-electron chi connectivity index (χ2n) is 4.77. The molecule has 2 amide bonds. The van der Waals surface area contributed by atoms with Gasteiger partial charge in [-0.25, -0.2) is 0 Å². The topological polar surface area (TPSA) is 92.9 Å². The zero-order chi connectivity index (χ0) is 14.7. The second-order valence-corrected chi connectivity index (χ2v) is 4.77. The number of primary amides is 1. The van der Waals surface area contributed by atoms with Gasteiger partial charge in [-0.3, -0.25) is 9.59 Å². The van der Waals surface area contributed by atoms with Crippen LogP contribution in [-0.2, 0) is 4.79 Å². The summed E-state index contributed by atoms with van der Waals surface area (Å²) in [7, 11) is 1.41. The number of phenolic OH excluding ortho intramolecular Hbond substituents is 1. The highest BCUT2D eigenvalue weighted by molar-refractivity contribution is 6.00. The van der Waals surface area contributed by atoms with Crippen molar-refractivity contribution < 1.29 is 19.4 Å². The van der Waals surface area contributed by atoms with Gasteiger partial charge in [0.05, 0.1) is 12.7 Å². The lowest BCUT2D eigenvalue weighted by Gasteiger charge is -2.33. The third-order valence-electron chi connectivity index (χ3n) is 3.54. The number of rotatable bonds is 3. The quantitative estimate of drug-likeness (QED) is 0.858. The van der Waals surface area contributed by atoms with Gasteiger partial charge >= 0.3 is 0 Å². The van der Waals surface area contributed by atoms with Crippen LogP contribution in [0.3, 0.4) is 0 Å². The molecule has 1 aliphatic rings. The summed E-state index contributed by atoms with van der Waals surface area (Å²) >= 11 is 0. The minimum absolute atomic E-state index is 0.123. The minimum atomic E-state index is -0.609. The van der Waals surface area contributed by atoms with Crippen LogP contribution in [-0.4, -0.2) is 41.5 Å². The number of hydrogen-bond donors (Lipinski definition) is 2. The van der Waals surface area contributed by atoms with Gasteiger partial charge in [-0.15, -0.1) is 0 Å². The number of phenols is 1. The Bertz CT molecular complexity index is 530. The lowest BCUT2D eigenvalue weighted by atomic mass is 10.00. The first-order valence-electron chi connectivity index (χ1n) is 6.52. The molecule has 108 valence electrons. The molecule has 0 radical (unpaired) electrons. The van der Waals surface area contributed by atoms with Crippen LogP contribution in [0.1, 0.15) is 29.6 Å². The molecule has 0 bridgehead atoms. The maximum atomic E-state index is 12.5. The van der Waals surface area contributed by atoms with Gasteiger partial charge < -0.3 is 20.5 Å². The molecule has 1 aromatic rings. The van der Waals surface area contributed by atoms with Crippen molar-refractivity contribution in [1.29, 1.82) is 0 Å². The third kappa shape index (κ3) is 2.54. The summed E-state index contributed by atoms with van der Waals surface area (Å²) < 4.78 is 4.99. The van der Waals surface area contributed by atoms with Crippen molar-refractivity contribution in [3.05, 3.63) is 23.8 Å². The molecule has 1 aliphatic heterocycles. The van der Waals surface area contributed by atoms with E-state index in [4.69, 9.17) is 10.5 Å². The van der Waals surface area contributed by atoms with Crippen LogP contribution in [0.15, 0.2) is 18.2 Å². The average Bonchev–Trinajstić information content (AvgIpc) is 2.46. The molecule has 6 nitrogen and oxygen atoms in total. The Labute approximate surface area is 117 Å². The van der Waals surface area contributed by atoms with E-state index >= 15 is 0 Å². The van der Waals surface area contributed by atoms with Crippen molar-refractivity contribution in [2.75, 3.05) is 13.7 Å². The Morgan fingerprint density at radius 2 is 2.15 bits per heavy atom. The first-order valence-corrected chi connectivity index (χ1v) is 6.52. The van der Waals surface area contributed by atoms with E-state index in [2.05, 4.69) is 0 Å². The molecule has 1 saturated heterocycles. The largest absolute Gasteiger partial charge is 0.504 e. The highest BCUT2D eigenvalue weighted by Crippen LogP contribution is 2.31. The van der Waals surface area contributed by atoms with Crippen LogP contribution in [0.2, 0.25) is 0 Å². The molecule has 1 aromatic carbocycles. The molecule has 1 atom stereocenters. The van der Waals surface area contributed by atoms with Crippen LogP contribution in [0.25, 0.3) is 0 Å². The molecule has 20 heavy (non-hydrogen) atoms. The highest BCUT2D eigenvalue weighted by Gasteiger charge is 2.32. The molecule has 1 unspecified atom stereocenters. The van der Waals surface area contributed by atoms with Crippen molar-refractivity contribution >= 4 is 11.8 Å². The van der Waals surface area contributed by atoms with E-state index in [9.17, 15) is 14.7 Å². The standard InChI is InChI=1S/C14H18N2O4/c1-20-11-7-4-5-9(12(11)17)14(19)16-8-3-2-6-10(16)13(15)18/h4-5,7,10,17H,2-3,6,8H2,1H3,(H2,15,18). The highest BCUT2D eigenvalue weighted by atomic mass is 16.5. The lowest BCUT2D eigenvalue weighted by molar-refractivity contribution is -0.123. The van der Waals surface area contributed by atoms with Gasteiger partial charge in [0, 0.05) is 6.54 Å². The maximum absolute atomic E-state index is 12.5. The van der Waals surface area contributed by atoms with Gasteiger partial charge in [0.1, 0.15) is 6.04 Å². The Morgan fingerprint density at radius 3 is 2.80 bits per heavy atom. The summed E-state index contributed by atoms with van der Waals surface area (Å²) in [5.74, 6) is -0.900. The Morgan fingerprint density at radius 1 is 1.40 bits per heavy atom. The van der Waals surface area contributed by atoms with E-state index in [0.717, 1.165) is 12.8 Å². The summed E-state index contributed by atoms with van der Waals surface area (Å²) in [6, 6.07) is 4.08. The summed E-state index contributed by atoms with van der Waals surface area (Å²) in [6.07, 6.45) is 2.24. The number of carbonyl (C=O) groups is 2. The Hall–Kier alpha value is -2.24. The molecule has 0 spiro atoms. The number of likely N-dealkylation sites (tertiary alicyclic amines) is 1. The number of methoxy groups -OCH3 is 1. The molecule has 0 aromatic heterocycles. The number of carbonyl (C=O) groups excluding carboxylic acids is 2. The zero-order valence-corrected chi connectivity index (χ0v) is 11.3. The Balaban J connectivity index is 2.32. The van der Waals surface area contributed by atoms with Crippen LogP contribution in [0, 0.1) is 0 Å². The van der Waals surface area contributed by atoms with Crippen molar-refractivity contribution in [3.63, 3.8) is 0 Å². The van der Waals surface area contributed by atoms with Crippen LogP contribution >= 0.6 is 0 Å². The predicted octanol–water partition coefficient (Wildman–Crippen LogP) is 0.881. The van der Waals surface area contributed by atoms with E-state index in [1.165, 1.54) is 18.1 Å². The van der Waals surface area contributed by atoms with Crippen molar-refractivity contribution in [2.24, 2.45) is 5.73 Å². The molecule has 3 N–H and O–H groups in total. The average molecular weight is 278 g/mol. The number of nitrogens with two attached hydrogens (primary N) is 1. The number of nitrogens with zero attached hydrogens (tertiary/aromatic N) is 1. The fourth-order valence-electron chi connectivity index (χ4n) is 2.48. The number of hydrogen-bond acceptors (Lipinski definition) is 4. The smallest absolute Gasteiger partial charge is 0.258 e. The van der Waals surface area contributed by atoms with Crippen molar-refractivity contribution in [3.8, 4) is 11.5 Å². The molecule has 6 heteroatoms. The SMILES string of the molecule is COc1cccc(C(=O)N2CCCCC2C(N)=O)c1O. The molecule has 1 heterocycles. The number of para-hydroxylation sites is 1. The number of piperidine rings is 1. The molecule has 0 aliphatic carbocycles. The van der Waals surface area contributed by atoms with Crippen LogP contribution in [0.5, 0.6) is 11.5 Å². The molecule has 0 saturated carbocycles. The third-order valence-corrected chi connectivity index (χ3v) is 3.54. The maximum Gasteiger partial charge on any atom is 0.258 e. The van der Waals surface area contributed by atoms with Gasteiger partial charge in [-0.2, -0.15) is 0 Å². The zero-order valence-electron chi connectivity index (χ0n) is 11.3. The summed E-state index contributed by atoms with van der Waals surface area (Å²) in [4.78, 5) is 25.4. The fourth-order valence-corrected chi connectivity index (χ4v) is 2.48. The summed E-state index contributed by atoms with van der Waals surface area (Å²) in [5, 5.41) is 10.0. The van der Waals surface area contributed by atoms with Gasteiger partial charge in [-0.1, -0.05) is 6.07 Å². The Kier molecular flexibility index (Phi) is 4.12. The lowest BCUT2D eigenvalue weighted by Crippen LogP contribution is -2.50. The normalized spacial score (nSPS) is 18.6. The van der Waals surface area contributed by atoms with E-state index in [-0.39, 0.29) is 17.1 Å². The molecular weight excluding hydrogens is 260 g/mol. The van der Waals surface area contributed by atoms with Crippen LogP contribution < -0.4 is 10.5 Å². The number of ether oxygens (including phenoxy) is 1. The molecule has 1 fully saturated rings. The van der Waals surface area contributed by atoms with Crippen LogP contribution in [0.4, 0.5) is 0 Å². The monoisotopic (exact) mass is 278 g/mol. The molecular formula is C14H18N2O4. The van der Waals surface area contributed by atoms with Gasteiger partial charge in [0.15, 0.2) is 11.5 Å². The summed E-state index contributed by atoms with van der Waals surface area (Å²) in [6.45, 7) is 0.461. The van der Waals surface area contributed by atoms with Gasteiger partial charge in [0.25, 0.3) is 5.91 Å². The predicted molar refractivity (Wildman–Crippen MR) is 72.5 cm³/mol.